The van der Waals surface area contributed by atoms with Crippen molar-refractivity contribution in [3.05, 3.63) is 33.3 Å². The van der Waals surface area contributed by atoms with Crippen LogP contribution in [-0.4, -0.2) is 11.1 Å². The Balaban J connectivity index is 3.17. The zero-order valence-corrected chi connectivity index (χ0v) is 8.49. The van der Waals surface area contributed by atoms with Crippen LogP contribution in [0.15, 0.2) is 12.1 Å². The molecule has 0 aromatic heterocycles. The lowest BCUT2D eigenvalue weighted by Crippen LogP contribution is -2.02. The first kappa shape index (κ1) is 10.4. The van der Waals surface area contributed by atoms with Crippen molar-refractivity contribution in [2.24, 2.45) is 0 Å². The van der Waals surface area contributed by atoms with E-state index in [4.69, 9.17) is 28.3 Å². The fourth-order valence-corrected chi connectivity index (χ4v) is 1.51. The second-order valence-corrected chi connectivity index (χ2v) is 3.51. The minimum absolute atomic E-state index is 0.0920. The molecule has 0 aliphatic rings. The van der Waals surface area contributed by atoms with Gasteiger partial charge in [0.25, 0.3) is 0 Å². The number of rotatable bonds is 2. The Kier molecular flexibility index (Phi) is 3.17. The van der Waals surface area contributed by atoms with E-state index in [0.29, 0.717) is 15.6 Å². The van der Waals surface area contributed by atoms with Crippen LogP contribution >= 0.6 is 23.2 Å². The van der Waals surface area contributed by atoms with Gasteiger partial charge in [-0.1, -0.05) is 29.3 Å². The first-order valence-electron chi connectivity index (χ1n) is 3.67. The summed E-state index contributed by atoms with van der Waals surface area (Å²) in [7, 11) is 0. The number of aryl methyl sites for hydroxylation is 1. The molecule has 0 saturated heterocycles. The molecule has 1 N–H and O–H groups in total. The Morgan fingerprint density at radius 2 is 2.08 bits per heavy atom. The van der Waals surface area contributed by atoms with Crippen LogP contribution in [0.3, 0.4) is 0 Å². The SMILES string of the molecule is Cc1ccc(Cl)c(Cl)c1CC(=O)O. The molecule has 0 radical (unpaired) electrons. The zero-order valence-electron chi connectivity index (χ0n) is 6.97. The smallest absolute Gasteiger partial charge is 0.307 e. The van der Waals surface area contributed by atoms with Gasteiger partial charge in [0.05, 0.1) is 16.5 Å². The number of halogens is 2. The summed E-state index contributed by atoms with van der Waals surface area (Å²) in [6.07, 6.45) is -0.0920. The summed E-state index contributed by atoms with van der Waals surface area (Å²) < 4.78 is 0. The minimum Gasteiger partial charge on any atom is -0.481 e. The summed E-state index contributed by atoms with van der Waals surface area (Å²) in [5.74, 6) is -0.910. The Hall–Kier alpha value is -0.730. The molecule has 0 aliphatic heterocycles. The van der Waals surface area contributed by atoms with Crippen LogP contribution in [-0.2, 0) is 11.2 Å². The quantitative estimate of drug-likeness (QED) is 0.830. The van der Waals surface area contributed by atoms with E-state index in [0.717, 1.165) is 5.56 Å². The van der Waals surface area contributed by atoms with E-state index in [9.17, 15) is 4.79 Å². The first-order chi connectivity index (χ1) is 6.02. The van der Waals surface area contributed by atoms with Gasteiger partial charge in [0.15, 0.2) is 0 Å². The van der Waals surface area contributed by atoms with Crippen LogP contribution in [0.2, 0.25) is 10.0 Å². The molecule has 0 aliphatic carbocycles. The summed E-state index contributed by atoms with van der Waals surface area (Å²) in [5.41, 5.74) is 1.43. The molecule has 1 aromatic rings. The monoisotopic (exact) mass is 218 g/mol. The Morgan fingerprint density at radius 3 is 2.62 bits per heavy atom. The van der Waals surface area contributed by atoms with Crippen LogP contribution < -0.4 is 0 Å². The van der Waals surface area contributed by atoms with Gasteiger partial charge < -0.3 is 5.11 Å². The average Bonchev–Trinajstić information content (AvgIpc) is 2.05. The number of hydrogen-bond acceptors (Lipinski definition) is 1. The molecule has 1 aromatic carbocycles. The van der Waals surface area contributed by atoms with Crippen LogP contribution in [0.4, 0.5) is 0 Å². The molecule has 0 fully saturated rings. The van der Waals surface area contributed by atoms with Crippen LogP contribution in [0.5, 0.6) is 0 Å². The van der Waals surface area contributed by atoms with E-state index < -0.39 is 5.97 Å². The highest BCUT2D eigenvalue weighted by Crippen LogP contribution is 2.28. The van der Waals surface area contributed by atoms with Crippen molar-refractivity contribution in [1.29, 1.82) is 0 Å². The van der Waals surface area contributed by atoms with Crippen molar-refractivity contribution < 1.29 is 9.90 Å². The highest BCUT2D eigenvalue weighted by Gasteiger charge is 2.10. The topological polar surface area (TPSA) is 37.3 Å². The first-order valence-corrected chi connectivity index (χ1v) is 4.43. The van der Waals surface area contributed by atoms with Crippen LogP contribution in [0, 0.1) is 6.92 Å². The molecule has 0 saturated carbocycles. The van der Waals surface area contributed by atoms with E-state index in [-0.39, 0.29) is 6.42 Å². The average molecular weight is 219 g/mol. The largest absolute Gasteiger partial charge is 0.481 e. The van der Waals surface area contributed by atoms with Gasteiger partial charge in [0, 0.05) is 0 Å². The molecule has 0 unspecified atom stereocenters. The van der Waals surface area contributed by atoms with E-state index in [2.05, 4.69) is 0 Å². The maximum absolute atomic E-state index is 10.5. The van der Waals surface area contributed by atoms with Gasteiger partial charge in [-0.05, 0) is 24.1 Å². The minimum atomic E-state index is -0.910. The molecule has 0 amide bonds. The fraction of sp³-hybridized carbons (Fsp3) is 0.222. The molecule has 4 heteroatoms. The molecule has 2 nitrogen and oxygen atoms in total. The molecule has 0 heterocycles. The molecule has 0 atom stereocenters. The second-order valence-electron chi connectivity index (χ2n) is 2.73. The highest BCUT2D eigenvalue weighted by atomic mass is 35.5. The number of carbonyl (C=O) groups is 1. The third-order valence-corrected chi connectivity index (χ3v) is 2.60. The van der Waals surface area contributed by atoms with Gasteiger partial charge in [-0.2, -0.15) is 0 Å². The van der Waals surface area contributed by atoms with Gasteiger partial charge in [-0.3, -0.25) is 4.79 Å². The van der Waals surface area contributed by atoms with Gasteiger partial charge in [0.2, 0.25) is 0 Å². The summed E-state index contributed by atoms with van der Waals surface area (Å²) in [6, 6.07) is 3.41. The van der Waals surface area contributed by atoms with Gasteiger partial charge >= 0.3 is 5.97 Å². The van der Waals surface area contributed by atoms with Crippen molar-refractivity contribution in [2.75, 3.05) is 0 Å². The van der Waals surface area contributed by atoms with Gasteiger partial charge in [0.1, 0.15) is 0 Å². The molecule has 0 bridgehead atoms. The molecular formula is C9H8Cl2O2. The molecular weight excluding hydrogens is 211 g/mol. The van der Waals surface area contributed by atoms with Crippen molar-refractivity contribution in [1.82, 2.24) is 0 Å². The standard InChI is InChI=1S/C9H8Cl2O2/c1-5-2-3-7(10)9(11)6(5)4-8(12)13/h2-3H,4H2,1H3,(H,12,13). The van der Waals surface area contributed by atoms with Crippen molar-refractivity contribution in [2.45, 2.75) is 13.3 Å². The summed E-state index contributed by atoms with van der Waals surface area (Å²) in [6.45, 7) is 1.81. The Bertz CT molecular complexity index is 348. The highest BCUT2D eigenvalue weighted by molar-refractivity contribution is 6.42. The fourth-order valence-electron chi connectivity index (χ4n) is 1.06. The zero-order chi connectivity index (χ0) is 10.0. The lowest BCUT2D eigenvalue weighted by molar-refractivity contribution is -0.136. The van der Waals surface area contributed by atoms with Gasteiger partial charge in [-0.25, -0.2) is 0 Å². The number of aliphatic carboxylic acids is 1. The third-order valence-electron chi connectivity index (χ3n) is 1.76. The maximum atomic E-state index is 10.5. The maximum Gasteiger partial charge on any atom is 0.307 e. The lowest BCUT2D eigenvalue weighted by atomic mass is 10.1. The van der Waals surface area contributed by atoms with Crippen molar-refractivity contribution in [3.8, 4) is 0 Å². The normalized spacial score (nSPS) is 10.1. The van der Waals surface area contributed by atoms with Crippen LogP contribution in [0.1, 0.15) is 11.1 Å². The van der Waals surface area contributed by atoms with E-state index in [1.165, 1.54) is 0 Å². The Morgan fingerprint density at radius 1 is 1.46 bits per heavy atom. The molecule has 0 spiro atoms. The lowest BCUT2D eigenvalue weighted by Gasteiger charge is -2.06. The van der Waals surface area contributed by atoms with Crippen LogP contribution in [0.25, 0.3) is 0 Å². The predicted octanol–water partition coefficient (Wildman–Crippen LogP) is 2.93. The molecule has 70 valence electrons. The third kappa shape index (κ3) is 2.36. The molecule has 13 heavy (non-hydrogen) atoms. The van der Waals surface area contributed by atoms with E-state index >= 15 is 0 Å². The summed E-state index contributed by atoms with van der Waals surface area (Å²) in [4.78, 5) is 10.5. The second kappa shape index (κ2) is 3.99. The number of hydrogen-bond donors (Lipinski definition) is 1. The van der Waals surface area contributed by atoms with E-state index in [1.807, 2.05) is 0 Å². The summed E-state index contributed by atoms with van der Waals surface area (Å²) >= 11 is 11.6. The summed E-state index contributed by atoms with van der Waals surface area (Å²) in [5, 5.41) is 9.33. The van der Waals surface area contributed by atoms with E-state index in [1.54, 1.807) is 19.1 Å². The number of carboxylic acid groups (broad SMARTS) is 1. The number of benzene rings is 1. The van der Waals surface area contributed by atoms with Gasteiger partial charge in [-0.15, -0.1) is 0 Å². The van der Waals surface area contributed by atoms with Crippen molar-refractivity contribution in [3.63, 3.8) is 0 Å². The number of carboxylic acids is 1. The predicted molar refractivity (Wildman–Crippen MR) is 52.5 cm³/mol. The van der Waals surface area contributed by atoms with Crippen molar-refractivity contribution >= 4 is 29.2 Å². The molecule has 1 rings (SSSR count). The Labute approximate surface area is 86.1 Å².